The van der Waals surface area contributed by atoms with Crippen LogP contribution in [0.15, 0.2) is 18.2 Å². The molecule has 0 heterocycles. The molecule has 70 valence electrons. The van der Waals surface area contributed by atoms with E-state index in [9.17, 15) is 0 Å². The number of hydrogen-bond donors (Lipinski definition) is 0. The summed E-state index contributed by atoms with van der Waals surface area (Å²) < 4.78 is 0. The predicted molar refractivity (Wildman–Crippen MR) is 58.8 cm³/mol. The molecule has 0 aliphatic heterocycles. The molecule has 0 spiro atoms. The highest BCUT2D eigenvalue weighted by Gasteiger charge is 2.06. The van der Waals surface area contributed by atoms with Crippen molar-refractivity contribution in [2.75, 3.05) is 0 Å². The van der Waals surface area contributed by atoms with E-state index in [1.807, 2.05) is 0 Å². The topological polar surface area (TPSA) is 0 Å². The van der Waals surface area contributed by atoms with E-state index < -0.39 is 0 Å². The lowest BCUT2D eigenvalue weighted by Gasteiger charge is -2.06. The maximum Gasteiger partial charge on any atom is 0.129 e. The first-order valence-corrected chi connectivity index (χ1v) is 5.05. The van der Waals surface area contributed by atoms with Crippen molar-refractivity contribution in [2.45, 2.75) is 33.6 Å². The summed E-state index contributed by atoms with van der Waals surface area (Å²) in [7, 11) is 0. The minimum atomic E-state index is 0.780. The molecule has 1 unspecified atom stereocenters. The van der Waals surface area contributed by atoms with Crippen LogP contribution in [0, 0.1) is 19.8 Å². The van der Waals surface area contributed by atoms with Crippen LogP contribution >= 0.6 is 0 Å². The summed E-state index contributed by atoms with van der Waals surface area (Å²) >= 11 is 0. The highest BCUT2D eigenvalue weighted by atomic mass is 14.1. The molecule has 0 amide bonds. The Balaban J connectivity index is 2.73. The zero-order valence-corrected chi connectivity index (χ0v) is 8.93. The van der Waals surface area contributed by atoms with E-state index in [0.717, 1.165) is 5.92 Å². The van der Waals surface area contributed by atoms with Crippen LogP contribution in [-0.4, -0.2) is 0 Å². The Kier molecular flexibility index (Phi) is 3.41. The smallest absolute Gasteiger partial charge is 0.0651 e. The van der Waals surface area contributed by atoms with E-state index in [1.54, 1.807) is 0 Å². The lowest BCUT2D eigenvalue weighted by molar-refractivity contribution is 0.560. The summed E-state index contributed by atoms with van der Waals surface area (Å²) in [4.78, 5) is 0. The largest absolute Gasteiger partial charge is 0.129 e. The van der Waals surface area contributed by atoms with Gasteiger partial charge < -0.3 is 0 Å². The molecular weight excluding hydrogens is 156 g/mol. The van der Waals surface area contributed by atoms with Crippen LogP contribution in [0.4, 0.5) is 0 Å². The molecule has 0 aromatic heterocycles. The summed E-state index contributed by atoms with van der Waals surface area (Å²) in [6, 6.07) is 6.59. The van der Waals surface area contributed by atoms with E-state index in [-0.39, 0.29) is 0 Å². The van der Waals surface area contributed by atoms with E-state index in [1.165, 1.54) is 29.5 Å². The maximum atomic E-state index is 4.01. The van der Waals surface area contributed by atoms with Crippen molar-refractivity contribution in [1.29, 1.82) is 0 Å². The number of aryl methyl sites for hydroxylation is 1. The average molecular weight is 175 g/mol. The second-order valence-corrected chi connectivity index (χ2v) is 3.98. The van der Waals surface area contributed by atoms with Gasteiger partial charge in [0.15, 0.2) is 0 Å². The Bertz CT molecular complexity index is 273. The van der Waals surface area contributed by atoms with Gasteiger partial charge in [-0.3, -0.25) is 0 Å². The fourth-order valence-electron chi connectivity index (χ4n) is 1.40. The molecule has 0 aliphatic carbocycles. The Labute approximate surface area is 82.0 Å². The molecule has 0 N–H and O–H groups in total. The van der Waals surface area contributed by atoms with E-state index in [2.05, 4.69) is 45.9 Å². The molecule has 13 heavy (non-hydrogen) atoms. The van der Waals surface area contributed by atoms with Crippen LogP contribution < -0.4 is 0 Å². The van der Waals surface area contributed by atoms with Crippen molar-refractivity contribution in [3.8, 4) is 0 Å². The summed E-state index contributed by atoms with van der Waals surface area (Å²) in [5.41, 5.74) is 3.87. The van der Waals surface area contributed by atoms with Gasteiger partial charge in [0.25, 0.3) is 0 Å². The molecule has 1 atom stereocenters. The molecule has 0 bridgehead atoms. The van der Waals surface area contributed by atoms with Gasteiger partial charge >= 0.3 is 0 Å². The standard InChI is InChI=1S/C13H19/c1-5-10(2)8-13-7-6-11(3)12(4)9-13/h6-7,9-10H,4-5,8H2,1-3H3/q+1. The minimum Gasteiger partial charge on any atom is -0.0651 e. The fraction of sp³-hybridized carbons (Fsp3) is 0.462. The van der Waals surface area contributed by atoms with Gasteiger partial charge in [-0.25, -0.2) is 0 Å². The summed E-state index contributed by atoms with van der Waals surface area (Å²) in [5.74, 6) is 0.780. The van der Waals surface area contributed by atoms with Crippen molar-refractivity contribution in [1.82, 2.24) is 0 Å². The SMILES string of the molecule is [CH2+]c1cc(CC(C)CC)ccc1C. The van der Waals surface area contributed by atoms with Crippen LogP contribution in [0.2, 0.25) is 0 Å². The van der Waals surface area contributed by atoms with Gasteiger partial charge in [-0.1, -0.05) is 20.3 Å². The van der Waals surface area contributed by atoms with Gasteiger partial charge in [0, 0.05) is 25.5 Å². The van der Waals surface area contributed by atoms with Crippen molar-refractivity contribution >= 4 is 0 Å². The fourth-order valence-corrected chi connectivity index (χ4v) is 1.40. The second kappa shape index (κ2) is 4.36. The molecule has 0 nitrogen and oxygen atoms in total. The Morgan fingerprint density at radius 2 is 2.08 bits per heavy atom. The molecule has 0 aliphatic rings. The van der Waals surface area contributed by atoms with E-state index in [0.29, 0.717) is 0 Å². The summed E-state index contributed by atoms with van der Waals surface area (Å²) in [5, 5.41) is 0. The maximum absolute atomic E-state index is 4.01. The van der Waals surface area contributed by atoms with Gasteiger partial charge in [0.2, 0.25) is 0 Å². The number of benzene rings is 1. The van der Waals surface area contributed by atoms with Crippen molar-refractivity contribution in [3.63, 3.8) is 0 Å². The zero-order valence-electron chi connectivity index (χ0n) is 8.93. The van der Waals surface area contributed by atoms with E-state index in [4.69, 9.17) is 0 Å². The summed E-state index contributed by atoms with van der Waals surface area (Å²) in [6.07, 6.45) is 2.43. The van der Waals surface area contributed by atoms with E-state index >= 15 is 0 Å². The third kappa shape index (κ3) is 2.80. The first-order chi connectivity index (χ1) is 6.13. The molecule has 0 radical (unpaired) electrons. The summed E-state index contributed by atoms with van der Waals surface area (Å²) in [6.45, 7) is 10.7. The molecule has 1 rings (SSSR count). The lowest BCUT2D eigenvalue weighted by atomic mass is 9.96. The van der Waals surface area contributed by atoms with Crippen molar-refractivity contribution in [3.05, 3.63) is 41.8 Å². The van der Waals surface area contributed by atoms with Crippen LogP contribution in [0.3, 0.4) is 0 Å². The first kappa shape index (κ1) is 10.2. The Morgan fingerprint density at radius 3 is 2.62 bits per heavy atom. The van der Waals surface area contributed by atoms with Crippen LogP contribution in [0.25, 0.3) is 0 Å². The molecule has 1 aromatic rings. The first-order valence-electron chi connectivity index (χ1n) is 5.05. The highest BCUT2D eigenvalue weighted by Crippen LogP contribution is 2.15. The second-order valence-electron chi connectivity index (χ2n) is 3.98. The van der Waals surface area contributed by atoms with Gasteiger partial charge in [0.1, 0.15) is 5.56 Å². The average Bonchev–Trinajstić information content (AvgIpc) is 2.11. The molecular formula is C13H19+. The Hall–Kier alpha value is -0.910. The highest BCUT2D eigenvalue weighted by molar-refractivity contribution is 5.33. The van der Waals surface area contributed by atoms with Crippen LogP contribution in [0.1, 0.15) is 37.0 Å². The minimum absolute atomic E-state index is 0.780. The predicted octanol–water partition coefficient (Wildman–Crippen LogP) is 3.77. The van der Waals surface area contributed by atoms with Gasteiger partial charge in [-0.15, -0.1) is 0 Å². The van der Waals surface area contributed by atoms with Crippen molar-refractivity contribution in [2.24, 2.45) is 5.92 Å². The molecule has 0 heteroatoms. The van der Waals surface area contributed by atoms with Crippen LogP contribution in [-0.2, 0) is 6.42 Å². The number of rotatable bonds is 3. The molecule has 0 saturated carbocycles. The zero-order chi connectivity index (χ0) is 9.84. The van der Waals surface area contributed by atoms with Gasteiger partial charge in [-0.2, -0.15) is 0 Å². The lowest BCUT2D eigenvalue weighted by Crippen LogP contribution is -1.98. The van der Waals surface area contributed by atoms with Gasteiger partial charge in [0.05, 0.1) is 5.56 Å². The molecule has 1 aromatic carbocycles. The molecule has 0 saturated heterocycles. The monoisotopic (exact) mass is 175 g/mol. The van der Waals surface area contributed by atoms with Gasteiger partial charge in [-0.05, 0) is 24.5 Å². The normalized spacial score (nSPS) is 12.8. The van der Waals surface area contributed by atoms with Crippen LogP contribution in [0.5, 0.6) is 0 Å². The number of hydrogen-bond acceptors (Lipinski definition) is 0. The quantitative estimate of drug-likeness (QED) is 0.613. The van der Waals surface area contributed by atoms with Crippen molar-refractivity contribution < 1.29 is 0 Å². The Morgan fingerprint density at radius 1 is 1.38 bits per heavy atom. The third-order valence-electron chi connectivity index (χ3n) is 2.69. The molecule has 0 fully saturated rings. The third-order valence-corrected chi connectivity index (χ3v) is 2.69.